The van der Waals surface area contributed by atoms with Gasteiger partial charge in [0.25, 0.3) is 5.91 Å². The van der Waals surface area contributed by atoms with Gasteiger partial charge in [-0.25, -0.2) is 0 Å². The van der Waals surface area contributed by atoms with Crippen molar-refractivity contribution >= 4 is 11.8 Å². The van der Waals surface area contributed by atoms with Crippen molar-refractivity contribution in [3.63, 3.8) is 0 Å². The lowest BCUT2D eigenvalue weighted by Crippen LogP contribution is -3.06. The molecule has 1 aliphatic heterocycles. The number of benzene rings is 1. The van der Waals surface area contributed by atoms with E-state index in [1.54, 1.807) is 11.0 Å². The van der Waals surface area contributed by atoms with Crippen molar-refractivity contribution in [3.8, 4) is 0 Å². The van der Waals surface area contributed by atoms with Gasteiger partial charge in [-0.05, 0) is 24.5 Å². The van der Waals surface area contributed by atoms with Crippen LogP contribution in [0.1, 0.15) is 35.2 Å². The Morgan fingerprint density at radius 2 is 1.90 bits per heavy atom. The summed E-state index contributed by atoms with van der Waals surface area (Å²) in [4.78, 5) is 31.0. The summed E-state index contributed by atoms with van der Waals surface area (Å²) in [5.41, 5.74) is 1.61. The molecule has 2 amide bonds. The van der Waals surface area contributed by atoms with Gasteiger partial charge >= 0.3 is 0 Å². The normalized spacial score (nSPS) is 15.9. The summed E-state index contributed by atoms with van der Waals surface area (Å²) in [5.74, 6) is -0.0631. The van der Waals surface area contributed by atoms with Crippen molar-refractivity contribution in [1.82, 2.24) is 9.80 Å². The number of nitrogens with one attached hydrogen (secondary N) is 1. The minimum absolute atomic E-state index is 0.0312. The van der Waals surface area contributed by atoms with Crippen LogP contribution in [-0.4, -0.2) is 74.6 Å². The third kappa shape index (κ3) is 7.22. The third-order valence-corrected chi connectivity index (χ3v) is 5.55. The average Bonchev–Trinajstić information content (AvgIpc) is 3.48. The molecule has 0 aliphatic carbocycles. The quantitative estimate of drug-likeness (QED) is 0.589. The minimum Gasteiger partial charge on any atom is -0.472 e. The molecule has 0 spiro atoms. The Labute approximate surface area is 184 Å². The number of hydrogen-bond donors (Lipinski definition) is 1. The summed E-state index contributed by atoms with van der Waals surface area (Å²) >= 11 is 0. The van der Waals surface area contributed by atoms with Gasteiger partial charge in [0, 0.05) is 32.7 Å². The molecule has 31 heavy (non-hydrogen) atoms. The van der Waals surface area contributed by atoms with Crippen LogP contribution in [0.4, 0.5) is 0 Å². The molecule has 7 heteroatoms. The molecule has 7 nitrogen and oxygen atoms in total. The minimum atomic E-state index is -0.121. The van der Waals surface area contributed by atoms with Crippen molar-refractivity contribution in [2.24, 2.45) is 0 Å². The Morgan fingerprint density at radius 1 is 1.10 bits per heavy atom. The number of amides is 2. The molecule has 1 N–H and O–H groups in total. The Balaban J connectivity index is 1.64. The van der Waals surface area contributed by atoms with E-state index in [1.165, 1.54) is 17.4 Å². The van der Waals surface area contributed by atoms with E-state index in [1.807, 2.05) is 35.2 Å². The number of rotatable bonds is 11. The lowest BCUT2D eigenvalue weighted by Gasteiger charge is -2.27. The second-order valence-electron chi connectivity index (χ2n) is 8.41. The second kappa shape index (κ2) is 11.7. The predicted octanol–water partition coefficient (Wildman–Crippen LogP) is 1.46. The molecule has 1 fully saturated rings. The third-order valence-electron chi connectivity index (χ3n) is 5.55. The van der Waals surface area contributed by atoms with Crippen molar-refractivity contribution in [1.29, 1.82) is 0 Å². The van der Waals surface area contributed by atoms with E-state index in [0.717, 1.165) is 31.6 Å². The fraction of sp³-hybridized carbons (Fsp3) is 0.500. The predicted molar refractivity (Wildman–Crippen MR) is 118 cm³/mol. The second-order valence-corrected chi connectivity index (χ2v) is 8.41. The van der Waals surface area contributed by atoms with Crippen molar-refractivity contribution in [2.75, 3.05) is 46.9 Å². The summed E-state index contributed by atoms with van der Waals surface area (Å²) < 4.78 is 10.8. The van der Waals surface area contributed by atoms with E-state index in [9.17, 15) is 9.59 Å². The molecule has 2 aromatic rings. The molecule has 0 radical (unpaired) electrons. The molecule has 0 unspecified atom stereocenters. The molecule has 168 valence electrons. The van der Waals surface area contributed by atoms with Crippen LogP contribution in [0.15, 0.2) is 53.3 Å². The molecule has 2 heterocycles. The number of carbonyl (C=O) groups is 2. The van der Waals surface area contributed by atoms with Gasteiger partial charge in [0.2, 0.25) is 5.91 Å². The maximum Gasteiger partial charge on any atom is 0.257 e. The van der Waals surface area contributed by atoms with E-state index >= 15 is 0 Å². The summed E-state index contributed by atoms with van der Waals surface area (Å²) in [7, 11) is 4.16. The number of ether oxygens (including phenoxy) is 1. The Kier molecular flexibility index (Phi) is 8.67. The number of hydrogen-bond acceptors (Lipinski definition) is 4. The number of nitrogens with zero attached hydrogens (tertiary/aromatic N) is 2. The van der Waals surface area contributed by atoms with Gasteiger partial charge in [0.05, 0.1) is 45.1 Å². The first-order valence-corrected chi connectivity index (χ1v) is 11.1. The van der Waals surface area contributed by atoms with Crippen LogP contribution < -0.4 is 4.90 Å². The highest BCUT2D eigenvalue weighted by Crippen LogP contribution is 2.16. The maximum atomic E-state index is 13.1. The van der Waals surface area contributed by atoms with Crippen LogP contribution in [0.25, 0.3) is 0 Å². The summed E-state index contributed by atoms with van der Waals surface area (Å²) in [6, 6.07) is 11.7. The van der Waals surface area contributed by atoms with E-state index in [4.69, 9.17) is 9.15 Å². The summed E-state index contributed by atoms with van der Waals surface area (Å²) in [6.45, 7) is 3.72. The lowest BCUT2D eigenvalue weighted by atomic mass is 10.2. The molecule has 1 aromatic carbocycles. The monoisotopic (exact) mass is 428 g/mol. The highest BCUT2D eigenvalue weighted by Gasteiger charge is 2.25. The first-order chi connectivity index (χ1) is 15.0. The van der Waals surface area contributed by atoms with Gasteiger partial charge in [0.15, 0.2) is 0 Å². The number of furan rings is 1. The van der Waals surface area contributed by atoms with E-state index in [2.05, 4.69) is 14.1 Å². The van der Waals surface area contributed by atoms with Gasteiger partial charge in [-0.2, -0.15) is 0 Å². The molecule has 1 atom stereocenters. The summed E-state index contributed by atoms with van der Waals surface area (Å²) in [5, 5.41) is 0. The van der Waals surface area contributed by atoms with Gasteiger partial charge in [0.1, 0.15) is 6.26 Å². The van der Waals surface area contributed by atoms with Crippen molar-refractivity contribution in [2.45, 2.75) is 31.9 Å². The standard InChI is InChI=1S/C24H33N3O4/c1-25(2)13-14-26(17-20-7-4-3-5-8-20)23(28)10-12-27(18-22-9-6-15-31-22)24(29)21-11-16-30-19-21/h3-5,7-8,11,16,19,22H,6,9-10,12-15,17-18H2,1-2H3/p+1/t22-/m0/s1. The summed E-state index contributed by atoms with van der Waals surface area (Å²) in [6.07, 6.45) is 5.21. The van der Waals surface area contributed by atoms with Crippen LogP contribution in [0.3, 0.4) is 0 Å². The van der Waals surface area contributed by atoms with Crippen LogP contribution in [0, 0.1) is 0 Å². The smallest absolute Gasteiger partial charge is 0.257 e. The zero-order valence-corrected chi connectivity index (χ0v) is 18.6. The van der Waals surface area contributed by atoms with Crippen molar-refractivity contribution < 1.29 is 23.6 Å². The van der Waals surface area contributed by atoms with Crippen molar-refractivity contribution in [3.05, 3.63) is 60.1 Å². The lowest BCUT2D eigenvalue weighted by molar-refractivity contribution is -0.857. The van der Waals surface area contributed by atoms with E-state index in [-0.39, 0.29) is 24.3 Å². The van der Waals surface area contributed by atoms with Crippen LogP contribution in [0.5, 0.6) is 0 Å². The van der Waals surface area contributed by atoms with Gasteiger partial charge in [-0.1, -0.05) is 30.3 Å². The number of quaternary nitrogens is 1. The fourth-order valence-electron chi connectivity index (χ4n) is 3.72. The molecular formula is C24H34N3O4+. The molecule has 1 saturated heterocycles. The molecule has 3 rings (SSSR count). The Morgan fingerprint density at radius 3 is 2.55 bits per heavy atom. The average molecular weight is 429 g/mol. The molecule has 1 aliphatic rings. The first-order valence-electron chi connectivity index (χ1n) is 11.1. The molecule has 1 aromatic heterocycles. The fourth-order valence-corrected chi connectivity index (χ4v) is 3.72. The zero-order valence-electron chi connectivity index (χ0n) is 18.6. The number of likely N-dealkylation sites (N-methyl/N-ethyl adjacent to an activating group) is 1. The van der Waals surface area contributed by atoms with Crippen LogP contribution in [0.2, 0.25) is 0 Å². The zero-order chi connectivity index (χ0) is 22.1. The molecule has 0 bridgehead atoms. The highest BCUT2D eigenvalue weighted by molar-refractivity contribution is 5.94. The number of carbonyl (C=O) groups excluding carboxylic acids is 2. The Hall–Kier alpha value is -2.64. The maximum absolute atomic E-state index is 13.1. The largest absolute Gasteiger partial charge is 0.472 e. The SMILES string of the molecule is C[NH+](C)CCN(Cc1ccccc1)C(=O)CCN(C[C@@H]1CCCO1)C(=O)c1ccoc1. The van der Waals surface area contributed by atoms with Gasteiger partial charge in [-0.15, -0.1) is 0 Å². The Bertz CT molecular complexity index is 801. The molecule has 0 saturated carbocycles. The van der Waals surface area contributed by atoms with Gasteiger partial charge in [-0.3, -0.25) is 9.59 Å². The van der Waals surface area contributed by atoms with Crippen LogP contribution >= 0.6 is 0 Å². The van der Waals surface area contributed by atoms with E-state index < -0.39 is 0 Å². The molecular weight excluding hydrogens is 394 g/mol. The first kappa shape index (κ1) is 23.0. The van der Waals surface area contributed by atoms with Crippen LogP contribution in [-0.2, 0) is 16.1 Å². The van der Waals surface area contributed by atoms with E-state index in [0.29, 0.717) is 31.7 Å². The van der Waals surface area contributed by atoms with Gasteiger partial charge < -0.3 is 23.9 Å². The highest BCUT2D eigenvalue weighted by atomic mass is 16.5. The topological polar surface area (TPSA) is 67.4 Å².